The molecule has 1 unspecified atom stereocenters. The number of carbonyl (C=O) groups excluding carboxylic acids is 1. The van der Waals surface area contributed by atoms with E-state index in [1.54, 1.807) is 24.5 Å². The molecule has 41 heavy (non-hydrogen) atoms. The van der Waals surface area contributed by atoms with E-state index in [0.29, 0.717) is 10.8 Å². The number of likely N-dealkylation sites (tertiary alicyclic amines) is 2. The van der Waals surface area contributed by atoms with Crippen molar-refractivity contribution < 1.29 is 17.9 Å². The molecule has 8 nitrogen and oxygen atoms in total. The fourth-order valence-corrected chi connectivity index (χ4v) is 6.94. The van der Waals surface area contributed by atoms with Gasteiger partial charge in [0, 0.05) is 49.3 Å². The minimum absolute atomic E-state index is 0.0370. The third kappa shape index (κ3) is 6.46. The Morgan fingerprint density at radius 2 is 1.63 bits per heavy atom. The fourth-order valence-electron chi connectivity index (χ4n) is 6.31. The first-order valence-electron chi connectivity index (χ1n) is 14.4. The zero-order valence-electron chi connectivity index (χ0n) is 24.4. The molecule has 2 saturated heterocycles. The van der Waals surface area contributed by atoms with Crippen LogP contribution in [0.15, 0.2) is 65.8 Å². The summed E-state index contributed by atoms with van der Waals surface area (Å²) in [7, 11) is -3.27. The van der Waals surface area contributed by atoms with Gasteiger partial charge in [0.25, 0.3) is 5.91 Å². The van der Waals surface area contributed by atoms with Crippen LogP contribution >= 0.6 is 0 Å². The van der Waals surface area contributed by atoms with Gasteiger partial charge in [-0.15, -0.1) is 0 Å². The van der Waals surface area contributed by atoms with Crippen LogP contribution in [0.2, 0.25) is 0 Å². The second kappa shape index (κ2) is 11.9. The first kappa shape index (κ1) is 29.2. The van der Waals surface area contributed by atoms with Crippen molar-refractivity contribution in [2.75, 3.05) is 32.4 Å². The van der Waals surface area contributed by atoms with Crippen LogP contribution in [0.25, 0.3) is 0 Å². The topological polar surface area (TPSA) is 92.7 Å². The van der Waals surface area contributed by atoms with Crippen molar-refractivity contribution in [3.8, 4) is 5.88 Å². The molecule has 1 aromatic carbocycles. The third-order valence-corrected chi connectivity index (χ3v) is 10.1. The number of amides is 1. The summed E-state index contributed by atoms with van der Waals surface area (Å²) in [6.45, 7) is 9.58. The Balaban J connectivity index is 1.25. The minimum Gasteiger partial charge on any atom is -0.469 e. The van der Waals surface area contributed by atoms with E-state index in [4.69, 9.17) is 4.74 Å². The monoisotopic (exact) mass is 576 g/mol. The second-order valence-corrected chi connectivity index (χ2v) is 13.8. The van der Waals surface area contributed by atoms with Crippen molar-refractivity contribution in [2.45, 2.75) is 63.0 Å². The number of aromatic nitrogens is 2. The number of ether oxygens (including phenoxy) is 1. The van der Waals surface area contributed by atoms with Crippen LogP contribution in [0.4, 0.5) is 0 Å². The van der Waals surface area contributed by atoms with E-state index < -0.39 is 9.84 Å². The summed E-state index contributed by atoms with van der Waals surface area (Å²) in [6.07, 6.45) is 8.26. The Morgan fingerprint density at radius 3 is 2.22 bits per heavy atom. The summed E-state index contributed by atoms with van der Waals surface area (Å²) in [5.41, 5.74) is 3.50. The number of piperidine rings is 2. The molecule has 2 aliphatic heterocycles. The summed E-state index contributed by atoms with van der Waals surface area (Å²) in [5.74, 6) is 0.916. The smallest absolute Gasteiger partial charge is 0.255 e. The number of benzene rings is 1. The van der Waals surface area contributed by atoms with E-state index in [0.717, 1.165) is 74.2 Å². The van der Waals surface area contributed by atoms with E-state index in [1.165, 1.54) is 6.26 Å². The molecule has 3 aromatic rings. The Kier molecular flexibility index (Phi) is 8.47. The number of hydrogen-bond acceptors (Lipinski definition) is 7. The molecule has 218 valence electrons. The highest BCUT2D eigenvalue weighted by Gasteiger charge is 2.40. The normalized spacial score (nSPS) is 19.1. The summed E-state index contributed by atoms with van der Waals surface area (Å²) >= 11 is 0. The maximum Gasteiger partial charge on any atom is 0.255 e. The van der Waals surface area contributed by atoms with E-state index in [1.807, 2.05) is 55.1 Å². The second-order valence-electron chi connectivity index (χ2n) is 11.7. The highest BCUT2D eigenvalue weighted by molar-refractivity contribution is 7.90. The van der Waals surface area contributed by atoms with Crippen LogP contribution in [0, 0.1) is 19.8 Å². The van der Waals surface area contributed by atoms with Gasteiger partial charge in [0.2, 0.25) is 5.88 Å². The number of hydrogen-bond donors (Lipinski definition) is 0. The quantitative estimate of drug-likeness (QED) is 0.390. The molecule has 0 saturated carbocycles. The van der Waals surface area contributed by atoms with Gasteiger partial charge >= 0.3 is 0 Å². The number of pyridine rings is 2. The maximum absolute atomic E-state index is 13.3. The first-order valence-corrected chi connectivity index (χ1v) is 16.3. The number of aryl methyl sites for hydroxylation is 2. The van der Waals surface area contributed by atoms with Crippen molar-refractivity contribution in [2.24, 2.45) is 5.92 Å². The van der Waals surface area contributed by atoms with Crippen LogP contribution in [0.3, 0.4) is 0 Å². The summed E-state index contributed by atoms with van der Waals surface area (Å²) in [6, 6.07) is 14.6. The number of rotatable bonds is 7. The standard InChI is InChI=1S/C32H40N4O4S/c1-23-12-18-33-24(2)29(23)31(37)35-21-15-32(3,16-22-35)36-19-13-26(14-20-36)30(40-28-7-5-6-17-34-28)25-8-10-27(11-9-25)41(4,38)39/h5-12,17-18,26,30H,13-16,19-22H2,1-4H3. The van der Waals surface area contributed by atoms with E-state index in [2.05, 4.69) is 21.8 Å². The van der Waals surface area contributed by atoms with Gasteiger partial charge in [-0.3, -0.25) is 14.7 Å². The zero-order valence-corrected chi connectivity index (χ0v) is 25.2. The Bertz CT molecular complexity index is 1440. The van der Waals surface area contributed by atoms with E-state index in [9.17, 15) is 13.2 Å². The minimum atomic E-state index is -3.27. The van der Waals surface area contributed by atoms with Gasteiger partial charge in [-0.2, -0.15) is 0 Å². The summed E-state index contributed by atoms with van der Waals surface area (Å²) < 4.78 is 30.5. The molecule has 1 amide bonds. The molecule has 2 aromatic heterocycles. The lowest BCUT2D eigenvalue weighted by molar-refractivity contribution is -0.00615. The molecular formula is C32H40N4O4S. The molecule has 0 aliphatic carbocycles. The molecule has 0 N–H and O–H groups in total. The molecule has 2 aliphatic rings. The van der Waals surface area contributed by atoms with Crippen molar-refractivity contribution in [1.29, 1.82) is 0 Å². The molecule has 4 heterocycles. The summed E-state index contributed by atoms with van der Waals surface area (Å²) in [4.78, 5) is 26.9. The van der Waals surface area contributed by atoms with Crippen molar-refractivity contribution in [3.05, 3.63) is 83.3 Å². The predicted octanol–water partition coefficient (Wildman–Crippen LogP) is 5.02. The van der Waals surface area contributed by atoms with Crippen molar-refractivity contribution >= 4 is 15.7 Å². The third-order valence-electron chi connectivity index (χ3n) is 8.94. The maximum atomic E-state index is 13.3. The number of carbonyl (C=O) groups is 1. The van der Waals surface area contributed by atoms with Gasteiger partial charge in [0.1, 0.15) is 6.10 Å². The van der Waals surface area contributed by atoms with Crippen molar-refractivity contribution in [1.82, 2.24) is 19.8 Å². The lowest BCUT2D eigenvalue weighted by Crippen LogP contribution is -2.56. The Labute approximate surface area is 243 Å². The molecule has 1 atom stereocenters. The van der Waals surface area contributed by atoms with E-state index >= 15 is 0 Å². The Hall–Kier alpha value is -3.30. The molecule has 2 fully saturated rings. The van der Waals surface area contributed by atoms with Gasteiger partial charge in [-0.05, 0) is 94.9 Å². The lowest BCUT2D eigenvalue weighted by atomic mass is 9.82. The Morgan fingerprint density at radius 1 is 0.951 bits per heavy atom. The molecule has 5 rings (SSSR count). The van der Waals surface area contributed by atoms with Crippen LogP contribution in [-0.2, 0) is 9.84 Å². The molecule has 0 bridgehead atoms. The first-order chi connectivity index (χ1) is 19.5. The SMILES string of the molecule is Cc1ccnc(C)c1C(=O)N1CCC(C)(N2CCC(C(Oc3ccccn3)c3ccc(S(C)(=O)=O)cc3)CC2)CC1. The van der Waals surface area contributed by atoms with Gasteiger partial charge in [-0.25, -0.2) is 13.4 Å². The molecule has 0 radical (unpaired) electrons. The van der Waals surface area contributed by atoms with Gasteiger partial charge in [0.15, 0.2) is 9.84 Å². The largest absolute Gasteiger partial charge is 0.469 e. The van der Waals surface area contributed by atoms with Gasteiger partial charge in [0.05, 0.1) is 16.2 Å². The van der Waals surface area contributed by atoms with Gasteiger partial charge < -0.3 is 9.64 Å². The van der Waals surface area contributed by atoms with Crippen LogP contribution in [-0.4, -0.2) is 72.1 Å². The fraction of sp³-hybridized carbons (Fsp3) is 0.469. The van der Waals surface area contributed by atoms with Crippen LogP contribution < -0.4 is 4.74 Å². The number of nitrogens with zero attached hydrogens (tertiary/aromatic N) is 4. The van der Waals surface area contributed by atoms with E-state index in [-0.39, 0.29) is 23.5 Å². The highest BCUT2D eigenvalue weighted by atomic mass is 32.2. The highest BCUT2D eigenvalue weighted by Crippen LogP contribution is 2.39. The molecule has 9 heteroatoms. The van der Waals surface area contributed by atoms with Crippen LogP contribution in [0.1, 0.15) is 65.9 Å². The van der Waals surface area contributed by atoms with Crippen molar-refractivity contribution in [3.63, 3.8) is 0 Å². The lowest BCUT2D eigenvalue weighted by Gasteiger charge is -2.50. The van der Waals surface area contributed by atoms with Gasteiger partial charge in [-0.1, -0.05) is 18.2 Å². The predicted molar refractivity (Wildman–Crippen MR) is 159 cm³/mol. The average Bonchev–Trinajstić information content (AvgIpc) is 2.96. The number of sulfone groups is 1. The van der Waals surface area contributed by atoms with Crippen LogP contribution in [0.5, 0.6) is 5.88 Å². The zero-order chi connectivity index (χ0) is 29.2. The summed E-state index contributed by atoms with van der Waals surface area (Å²) in [5, 5.41) is 0. The molecule has 0 spiro atoms. The average molecular weight is 577 g/mol. The molecular weight excluding hydrogens is 536 g/mol.